The van der Waals surface area contributed by atoms with Gasteiger partial charge in [-0.05, 0) is 18.8 Å². The maximum absolute atomic E-state index is 11.6. The predicted molar refractivity (Wildman–Crippen MR) is 71.6 cm³/mol. The van der Waals surface area contributed by atoms with Crippen LogP contribution >= 0.6 is 15.9 Å². The zero-order valence-corrected chi connectivity index (χ0v) is 11.4. The molecule has 94 valence electrons. The molecule has 1 heterocycles. The van der Waals surface area contributed by atoms with Gasteiger partial charge < -0.3 is 10.3 Å². The molecule has 0 aliphatic carbocycles. The van der Waals surface area contributed by atoms with E-state index in [0.717, 1.165) is 18.2 Å². The summed E-state index contributed by atoms with van der Waals surface area (Å²) < 4.78 is 0. The molecule has 0 aliphatic heterocycles. The van der Waals surface area contributed by atoms with E-state index in [-0.39, 0.29) is 16.9 Å². The number of aromatic amines is 1. The van der Waals surface area contributed by atoms with Crippen molar-refractivity contribution in [1.82, 2.24) is 10.3 Å². The molecule has 1 aromatic rings. The zero-order chi connectivity index (χ0) is 12.7. The highest BCUT2D eigenvalue weighted by atomic mass is 79.9. The molecule has 0 saturated carbocycles. The standard InChI is InChI=1S/C12H17BrN2O2/c1-9(7-13)3-2-5-15-12(17)10-8-14-6-4-11(10)16/h4,6,8-9H,2-3,5,7H2,1H3,(H,14,16)(H,15,17). The van der Waals surface area contributed by atoms with E-state index in [1.807, 2.05) is 0 Å². The molecule has 0 aromatic carbocycles. The number of rotatable bonds is 6. The minimum absolute atomic E-state index is 0.168. The smallest absolute Gasteiger partial charge is 0.256 e. The second-order valence-electron chi connectivity index (χ2n) is 4.08. The van der Waals surface area contributed by atoms with Crippen LogP contribution in [0.15, 0.2) is 23.3 Å². The fourth-order valence-electron chi connectivity index (χ4n) is 1.42. The monoisotopic (exact) mass is 300 g/mol. The third-order valence-corrected chi connectivity index (χ3v) is 3.60. The second-order valence-corrected chi connectivity index (χ2v) is 4.73. The van der Waals surface area contributed by atoms with Gasteiger partial charge in [0.05, 0.1) is 0 Å². The SMILES string of the molecule is CC(CBr)CCCNC(=O)c1c[nH]ccc1=O. The summed E-state index contributed by atoms with van der Waals surface area (Å²) in [7, 11) is 0. The van der Waals surface area contributed by atoms with E-state index in [1.165, 1.54) is 18.5 Å². The van der Waals surface area contributed by atoms with Crippen LogP contribution in [0.1, 0.15) is 30.1 Å². The Bertz CT molecular complexity index is 417. The van der Waals surface area contributed by atoms with Crippen LogP contribution < -0.4 is 10.7 Å². The Labute approximate surface area is 109 Å². The molecule has 0 spiro atoms. The lowest BCUT2D eigenvalue weighted by molar-refractivity contribution is 0.0951. The predicted octanol–water partition coefficient (Wildman–Crippen LogP) is 1.92. The van der Waals surface area contributed by atoms with E-state index in [1.54, 1.807) is 0 Å². The van der Waals surface area contributed by atoms with Gasteiger partial charge in [0.15, 0.2) is 5.43 Å². The van der Waals surface area contributed by atoms with Crippen LogP contribution in [0.3, 0.4) is 0 Å². The Balaban J connectivity index is 2.36. The number of pyridine rings is 1. The molecular weight excluding hydrogens is 284 g/mol. The Morgan fingerprint density at radius 3 is 3.00 bits per heavy atom. The average molecular weight is 301 g/mol. The quantitative estimate of drug-likeness (QED) is 0.623. The summed E-state index contributed by atoms with van der Waals surface area (Å²) >= 11 is 3.41. The van der Waals surface area contributed by atoms with Gasteiger partial charge in [-0.3, -0.25) is 9.59 Å². The minimum atomic E-state index is -0.307. The van der Waals surface area contributed by atoms with Crippen molar-refractivity contribution < 1.29 is 4.79 Å². The molecule has 17 heavy (non-hydrogen) atoms. The molecule has 1 unspecified atom stereocenters. The first-order valence-electron chi connectivity index (χ1n) is 5.66. The summed E-state index contributed by atoms with van der Waals surface area (Å²) in [4.78, 5) is 25.7. The summed E-state index contributed by atoms with van der Waals surface area (Å²) in [6.07, 6.45) is 4.91. The summed E-state index contributed by atoms with van der Waals surface area (Å²) in [5.41, 5.74) is -0.0869. The van der Waals surface area contributed by atoms with E-state index in [9.17, 15) is 9.59 Å². The number of alkyl halides is 1. The molecule has 4 nitrogen and oxygen atoms in total. The molecule has 1 atom stereocenters. The first-order chi connectivity index (χ1) is 8.15. The zero-order valence-electron chi connectivity index (χ0n) is 9.83. The lowest BCUT2D eigenvalue weighted by atomic mass is 10.1. The molecule has 1 amide bonds. The number of aromatic nitrogens is 1. The lowest BCUT2D eigenvalue weighted by Crippen LogP contribution is -2.29. The van der Waals surface area contributed by atoms with Crippen LogP contribution in [0.4, 0.5) is 0 Å². The van der Waals surface area contributed by atoms with Crippen LogP contribution in [-0.2, 0) is 0 Å². The number of hydrogen-bond donors (Lipinski definition) is 2. The largest absolute Gasteiger partial charge is 0.367 e. The molecule has 0 saturated heterocycles. The Hall–Kier alpha value is -1.10. The van der Waals surface area contributed by atoms with Crippen LogP contribution in [0, 0.1) is 5.92 Å². The summed E-state index contributed by atoms with van der Waals surface area (Å²) in [6.45, 7) is 2.75. The van der Waals surface area contributed by atoms with Crippen molar-refractivity contribution in [3.05, 3.63) is 34.2 Å². The van der Waals surface area contributed by atoms with Crippen LogP contribution in [-0.4, -0.2) is 22.8 Å². The fraction of sp³-hybridized carbons (Fsp3) is 0.500. The average Bonchev–Trinajstić information content (AvgIpc) is 2.34. The van der Waals surface area contributed by atoms with Gasteiger partial charge in [-0.1, -0.05) is 22.9 Å². The first-order valence-corrected chi connectivity index (χ1v) is 6.78. The third kappa shape index (κ3) is 4.73. The Morgan fingerprint density at radius 2 is 2.35 bits per heavy atom. The molecule has 1 aromatic heterocycles. The molecule has 1 rings (SSSR count). The van der Waals surface area contributed by atoms with Crippen molar-refractivity contribution in [1.29, 1.82) is 0 Å². The lowest BCUT2D eigenvalue weighted by Gasteiger charge is -2.08. The molecule has 5 heteroatoms. The molecule has 0 radical (unpaired) electrons. The number of amides is 1. The van der Waals surface area contributed by atoms with Gasteiger partial charge >= 0.3 is 0 Å². The Kier molecular flexibility index (Phi) is 5.97. The summed E-state index contributed by atoms with van der Waals surface area (Å²) in [6, 6.07) is 1.35. The van der Waals surface area contributed by atoms with E-state index in [2.05, 4.69) is 33.2 Å². The first kappa shape index (κ1) is 14.0. The normalized spacial score (nSPS) is 12.1. The van der Waals surface area contributed by atoms with Crippen LogP contribution in [0.5, 0.6) is 0 Å². The van der Waals surface area contributed by atoms with E-state index >= 15 is 0 Å². The Morgan fingerprint density at radius 1 is 1.59 bits per heavy atom. The van der Waals surface area contributed by atoms with Crippen molar-refractivity contribution in [2.45, 2.75) is 19.8 Å². The fourth-order valence-corrected chi connectivity index (χ4v) is 1.74. The molecule has 0 bridgehead atoms. The van der Waals surface area contributed by atoms with E-state index in [0.29, 0.717) is 12.5 Å². The number of nitrogens with one attached hydrogen (secondary N) is 2. The highest BCUT2D eigenvalue weighted by molar-refractivity contribution is 9.09. The number of carbonyl (C=O) groups excluding carboxylic acids is 1. The van der Waals surface area contributed by atoms with Crippen molar-refractivity contribution in [2.75, 3.05) is 11.9 Å². The molecular formula is C12H17BrN2O2. The van der Waals surface area contributed by atoms with Crippen molar-refractivity contribution in [2.24, 2.45) is 5.92 Å². The number of carbonyl (C=O) groups is 1. The van der Waals surface area contributed by atoms with E-state index < -0.39 is 0 Å². The van der Waals surface area contributed by atoms with Crippen LogP contribution in [0.25, 0.3) is 0 Å². The van der Waals surface area contributed by atoms with Gasteiger partial charge in [-0.2, -0.15) is 0 Å². The van der Waals surface area contributed by atoms with Crippen molar-refractivity contribution >= 4 is 21.8 Å². The highest BCUT2D eigenvalue weighted by Crippen LogP contribution is 2.07. The number of halogens is 1. The summed E-state index contributed by atoms with van der Waals surface area (Å²) in [5.74, 6) is 0.297. The van der Waals surface area contributed by atoms with Gasteiger partial charge in [-0.15, -0.1) is 0 Å². The molecule has 0 aliphatic rings. The van der Waals surface area contributed by atoms with Gasteiger partial charge in [0, 0.05) is 30.3 Å². The highest BCUT2D eigenvalue weighted by Gasteiger charge is 2.08. The topological polar surface area (TPSA) is 62.0 Å². The third-order valence-electron chi connectivity index (χ3n) is 2.49. The van der Waals surface area contributed by atoms with Gasteiger partial charge in [0.25, 0.3) is 5.91 Å². The number of hydrogen-bond acceptors (Lipinski definition) is 2. The second kappa shape index (κ2) is 7.27. The number of H-pyrrole nitrogens is 1. The van der Waals surface area contributed by atoms with Gasteiger partial charge in [0.1, 0.15) is 5.56 Å². The van der Waals surface area contributed by atoms with Gasteiger partial charge in [0.2, 0.25) is 0 Å². The maximum Gasteiger partial charge on any atom is 0.256 e. The van der Waals surface area contributed by atoms with Crippen LogP contribution in [0.2, 0.25) is 0 Å². The maximum atomic E-state index is 11.6. The molecule has 0 fully saturated rings. The minimum Gasteiger partial charge on any atom is -0.367 e. The van der Waals surface area contributed by atoms with Crippen molar-refractivity contribution in [3.63, 3.8) is 0 Å². The van der Waals surface area contributed by atoms with E-state index in [4.69, 9.17) is 0 Å². The molecule has 2 N–H and O–H groups in total. The summed E-state index contributed by atoms with van der Waals surface area (Å²) in [5, 5.41) is 3.72. The van der Waals surface area contributed by atoms with Crippen molar-refractivity contribution in [3.8, 4) is 0 Å². The van der Waals surface area contributed by atoms with Gasteiger partial charge in [-0.25, -0.2) is 0 Å².